The number of oxime groups is 1. The molecule has 0 spiro atoms. The number of carbonyl (C=O) groups is 2. The van der Waals surface area contributed by atoms with Crippen molar-refractivity contribution in [2.24, 2.45) is 5.16 Å². The summed E-state index contributed by atoms with van der Waals surface area (Å²) in [6.45, 7) is 0. The molecule has 0 aliphatic carbocycles. The van der Waals surface area contributed by atoms with Gasteiger partial charge in [-0.1, -0.05) is 16.8 Å². The van der Waals surface area contributed by atoms with E-state index in [4.69, 9.17) is 16.4 Å². The van der Waals surface area contributed by atoms with E-state index in [1.165, 1.54) is 0 Å². The first-order valence-corrected chi connectivity index (χ1v) is 7.75. The monoisotopic (exact) mass is 359 g/mol. The Balaban J connectivity index is 1.45. The fraction of sp³-hybridized carbons (Fsp3) is 0.125. The van der Waals surface area contributed by atoms with E-state index in [0.717, 1.165) is 5.56 Å². The number of anilines is 1. The molecule has 2 aromatic rings. The Morgan fingerprint density at radius 3 is 2.68 bits per heavy atom. The number of amides is 3. The van der Waals surface area contributed by atoms with Gasteiger partial charge in [0, 0.05) is 35.1 Å². The number of halogens is 1. The highest BCUT2D eigenvalue weighted by atomic mass is 35.5. The van der Waals surface area contributed by atoms with Crippen molar-refractivity contribution in [3.05, 3.63) is 59.4 Å². The van der Waals surface area contributed by atoms with Gasteiger partial charge in [-0.05, 0) is 36.4 Å². The van der Waals surface area contributed by atoms with Crippen LogP contribution in [0, 0.1) is 0 Å². The molecule has 0 bridgehead atoms. The predicted molar refractivity (Wildman–Crippen MR) is 92.0 cm³/mol. The Labute approximate surface area is 148 Å². The van der Waals surface area contributed by atoms with Crippen molar-refractivity contribution in [2.45, 2.75) is 12.5 Å². The molecule has 1 atom stereocenters. The van der Waals surface area contributed by atoms with Gasteiger partial charge in [0.15, 0.2) is 0 Å². The van der Waals surface area contributed by atoms with Gasteiger partial charge in [0.1, 0.15) is 0 Å². The van der Waals surface area contributed by atoms with Crippen LogP contribution in [-0.4, -0.2) is 28.7 Å². The highest BCUT2D eigenvalue weighted by molar-refractivity contribution is 6.30. The molecule has 3 rings (SSSR count). The molecule has 0 saturated heterocycles. The van der Waals surface area contributed by atoms with Crippen molar-refractivity contribution < 1.29 is 14.4 Å². The minimum atomic E-state index is -0.814. The summed E-state index contributed by atoms with van der Waals surface area (Å²) in [6.07, 6.45) is 2.76. The maximum Gasteiger partial charge on any atom is 0.337 e. The maximum atomic E-state index is 12.0. The Kier molecular flexibility index (Phi) is 5.10. The van der Waals surface area contributed by atoms with E-state index in [0.29, 0.717) is 16.4 Å². The quantitative estimate of drug-likeness (QED) is 0.729. The number of carbonyl (C=O) groups excluding carboxylic acids is 2. The molecule has 3 N–H and O–H groups in total. The molecule has 1 aliphatic rings. The molecule has 0 saturated carbocycles. The summed E-state index contributed by atoms with van der Waals surface area (Å²) in [5.74, 6) is -0.506. The SMILES string of the molecule is O=C(NNC(=O)[C@@H]1CC(c2cccnc2)=NO1)Nc1ccc(Cl)cc1. The number of urea groups is 1. The number of hydrogen-bond donors (Lipinski definition) is 3. The first-order valence-electron chi connectivity index (χ1n) is 7.37. The number of benzene rings is 1. The Bertz CT molecular complexity index is 795. The van der Waals surface area contributed by atoms with Crippen LogP contribution in [0.2, 0.25) is 5.02 Å². The molecule has 0 unspecified atom stereocenters. The van der Waals surface area contributed by atoms with Crippen LogP contribution in [0.15, 0.2) is 53.9 Å². The van der Waals surface area contributed by atoms with Gasteiger partial charge < -0.3 is 10.2 Å². The predicted octanol–water partition coefficient (Wildman–Crippen LogP) is 2.08. The number of nitrogens with one attached hydrogen (secondary N) is 3. The zero-order valence-corrected chi connectivity index (χ0v) is 13.7. The molecular weight excluding hydrogens is 346 g/mol. The Morgan fingerprint density at radius 1 is 1.16 bits per heavy atom. The number of rotatable bonds is 3. The van der Waals surface area contributed by atoms with E-state index in [-0.39, 0.29) is 6.42 Å². The zero-order chi connectivity index (χ0) is 17.6. The lowest BCUT2D eigenvalue weighted by Gasteiger charge is -2.11. The van der Waals surface area contributed by atoms with Crippen LogP contribution in [0.5, 0.6) is 0 Å². The van der Waals surface area contributed by atoms with Crippen LogP contribution in [-0.2, 0) is 9.63 Å². The van der Waals surface area contributed by atoms with E-state index < -0.39 is 18.0 Å². The Hall–Kier alpha value is -3.13. The van der Waals surface area contributed by atoms with E-state index in [2.05, 4.69) is 26.3 Å². The fourth-order valence-corrected chi connectivity index (χ4v) is 2.24. The second-order valence-electron chi connectivity index (χ2n) is 5.15. The second kappa shape index (κ2) is 7.63. The molecule has 25 heavy (non-hydrogen) atoms. The van der Waals surface area contributed by atoms with Crippen LogP contribution in [0.1, 0.15) is 12.0 Å². The summed E-state index contributed by atoms with van der Waals surface area (Å²) < 4.78 is 0. The highest BCUT2D eigenvalue weighted by Crippen LogP contribution is 2.16. The number of hydrogen-bond acceptors (Lipinski definition) is 5. The maximum absolute atomic E-state index is 12.0. The lowest BCUT2D eigenvalue weighted by Crippen LogP contribution is -2.48. The summed E-state index contributed by atoms with van der Waals surface area (Å²) >= 11 is 5.77. The Morgan fingerprint density at radius 2 is 1.96 bits per heavy atom. The molecule has 8 nitrogen and oxygen atoms in total. The van der Waals surface area contributed by atoms with Crippen LogP contribution in [0.3, 0.4) is 0 Å². The molecule has 9 heteroatoms. The molecule has 1 aromatic heterocycles. The topological polar surface area (TPSA) is 105 Å². The van der Waals surface area contributed by atoms with Gasteiger partial charge in [-0.2, -0.15) is 0 Å². The highest BCUT2D eigenvalue weighted by Gasteiger charge is 2.29. The van der Waals surface area contributed by atoms with Gasteiger partial charge in [-0.15, -0.1) is 0 Å². The van der Waals surface area contributed by atoms with Gasteiger partial charge in [0.2, 0.25) is 6.10 Å². The standard InChI is InChI=1S/C16H14ClN5O3/c17-11-3-5-12(6-4-11)19-16(24)21-20-15(23)14-8-13(22-25-14)10-2-1-7-18-9-10/h1-7,9,14H,8H2,(H,20,23)(H2,19,21,24)/t14-/m0/s1. The van der Waals surface area contributed by atoms with Crippen molar-refractivity contribution in [3.8, 4) is 0 Å². The summed E-state index contributed by atoms with van der Waals surface area (Å²) in [5, 5.41) is 6.99. The summed E-state index contributed by atoms with van der Waals surface area (Å²) in [6, 6.07) is 9.55. The number of hydrazine groups is 1. The van der Waals surface area contributed by atoms with Crippen LogP contribution in [0.25, 0.3) is 0 Å². The molecule has 128 valence electrons. The lowest BCUT2D eigenvalue weighted by atomic mass is 10.1. The first-order chi connectivity index (χ1) is 12.1. The lowest BCUT2D eigenvalue weighted by molar-refractivity contribution is -0.131. The van der Waals surface area contributed by atoms with Crippen molar-refractivity contribution in [2.75, 3.05) is 5.32 Å². The normalized spacial score (nSPS) is 15.7. The largest absolute Gasteiger partial charge is 0.382 e. The first kappa shape index (κ1) is 16.7. The van der Waals surface area contributed by atoms with Crippen molar-refractivity contribution >= 4 is 34.9 Å². The fourth-order valence-electron chi connectivity index (χ4n) is 2.12. The van der Waals surface area contributed by atoms with Gasteiger partial charge in [0.05, 0.1) is 5.71 Å². The summed E-state index contributed by atoms with van der Waals surface area (Å²) in [5.41, 5.74) is 6.48. The van der Waals surface area contributed by atoms with Crippen molar-refractivity contribution in [3.63, 3.8) is 0 Å². The average molecular weight is 360 g/mol. The third-order valence-corrected chi connectivity index (χ3v) is 3.61. The van der Waals surface area contributed by atoms with Gasteiger partial charge in [0.25, 0.3) is 5.91 Å². The van der Waals surface area contributed by atoms with Crippen LogP contribution in [0.4, 0.5) is 10.5 Å². The molecule has 0 fully saturated rings. The van der Waals surface area contributed by atoms with E-state index >= 15 is 0 Å². The molecule has 0 radical (unpaired) electrons. The minimum Gasteiger partial charge on any atom is -0.382 e. The van der Waals surface area contributed by atoms with Gasteiger partial charge >= 0.3 is 6.03 Å². The summed E-state index contributed by atoms with van der Waals surface area (Å²) in [4.78, 5) is 32.9. The summed E-state index contributed by atoms with van der Waals surface area (Å²) in [7, 11) is 0. The third-order valence-electron chi connectivity index (χ3n) is 3.36. The van der Waals surface area contributed by atoms with Gasteiger partial charge in [-0.3, -0.25) is 15.2 Å². The smallest absolute Gasteiger partial charge is 0.337 e. The van der Waals surface area contributed by atoms with E-state index in [9.17, 15) is 9.59 Å². The van der Waals surface area contributed by atoms with Gasteiger partial charge in [-0.25, -0.2) is 10.2 Å². The third kappa shape index (κ3) is 4.45. The van der Waals surface area contributed by atoms with Crippen LogP contribution < -0.4 is 16.2 Å². The van der Waals surface area contributed by atoms with E-state index in [1.54, 1.807) is 42.7 Å². The molecule has 1 aliphatic heterocycles. The zero-order valence-electron chi connectivity index (χ0n) is 12.9. The molecular formula is C16H14ClN5O3. The number of aromatic nitrogens is 1. The molecule has 2 heterocycles. The van der Waals surface area contributed by atoms with Crippen molar-refractivity contribution in [1.82, 2.24) is 15.8 Å². The van der Waals surface area contributed by atoms with Crippen LogP contribution >= 0.6 is 11.6 Å². The van der Waals surface area contributed by atoms with Crippen molar-refractivity contribution in [1.29, 1.82) is 0 Å². The number of pyridine rings is 1. The molecule has 1 aromatic carbocycles. The number of nitrogens with zero attached hydrogens (tertiary/aromatic N) is 2. The van der Waals surface area contributed by atoms with E-state index in [1.807, 2.05) is 6.07 Å². The minimum absolute atomic E-state index is 0.290. The molecule has 3 amide bonds. The average Bonchev–Trinajstić information content (AvgIpc) is 3.13. The second-order valence-corrected chi connectivity index (χ2v) is 5.59.